The summed E-state index contributed by atoms with van der Waals surface area (Å²) in [6.45, 7) is 13.0. The van der Waals surface area contributed by atoms with Gasteiger partial charge in [0.15, 0.2) is 11.5 Å². The van der Waals surface area contributed by atoms with Gasteiger partial charge in [0, 0.05) is 18.3 Å². The molecule has 34 heavy (non-hydrogen) atoms. The molecule has 2 amide bonds. The molecule has 7 heteroatoms. The first-order valence-corrected chi connectivity index (χ1v) is 11.8. The number of hydrogen-bond donors (Lipinski definition) is 1. The van der Waals surface area contributed by atoms with E-state index in [1.807, 2.05) is 65.8 Å². The third kappa shape index (κ3) is 5.71. The van der Waals surface area contributed by atoms with Crippen LogP contribution < -0.4 is 19.5 Å². The quantitative estimate of drug-likeness (QED) is 0.463. The molecule has 0 spiro atoms. The maximum atomic E-state index is 13.4. The third-order valence-electron chi connectivity index (χ3n) is 5.04. The largest absolute Gasteiger partial charge is 0.491 e. The Bertz CT molecular complexity index is 1060. The predicted octanol–water partition coefficient (Wildman–Crippen LogP) is 5.12. The first-order valence-electron chi connectivity index (χ1n) is 11.8. The van der Waals surface area contributed by atoms with Gasteiger partial charge in [-0.15, -0.1) is 0 Å². The molecule has 1 heterocycles. The zero-order valence-electron chi connectivity index (χ0n) is 20.8. The highest BCUT2D eigenvalue weighted by Crippen LogP contribution is 2.35. The van der Waals surface area contributed by atoms with Gasteiger partial charge in [-0.2, -0.15) is 0 Å². The fourth-order valence-electron chi connectivity index (χ4n) is 3.74. The number of nitrogens with zero attached hydrogens (tertiary/aromatic N) is 1. The van der Waals surface area contributed by atoms with Crippen molar-refractivity contribution in [3.05, 3.63) is 53.7 Å². The van der Waals surface area contributed by atoms with E-state index in [0.717, 1.165) is 0 Å². The molecule has 0 aromatic heterocycles. The first-order chi connectivity index (χ1) is 16.2. The average molecular weight is 467 g/mol. The van der Waals surface area contributed by atoms with Crippen LogP contribution in [0.1, 0.15) is 47.1 Å². The van der Waals surface area contributed by atoms with Crippen LogP contribution in [0.2, 0.25) is 0 Å². The normalized spacial score (nSPS) is 13.8. The minimum Gasteiger partial charge on any atom is -0.491 e. The smallest absolute Gasteiger partial charge is 0.278 e. The van der Waals surface area contributed by atoms with Crippen molar-refractivity contribution < 1.29 is 23.8 Å². The maximum absolute atomic E-state index is 13.4. The summed E-state index contributed by atoms with van der Waals surface area (Å²) in [6, 6.07) is 12.6. The first kappa shape index (κ1) is 25.1. The number of ether oxygens (including phenoxy) is 3. The molecule has 0 saturated carbocycles. The van der Waals surface area contributed by atoms with E-state index >= 15 is 0 Å². The molecule has 1 aliphatic heterocycles. The van der Waals surface area contributed by atoms with Crippen molar-refractivity contribution in [2.45, 2.75) is 47.6 Å². The molecule has 1 N–H and O–H groups in total. The average Bonchev–Trinajstić information content (AvgIpc) is 3.00. The van der Waals surface area contributed by atoms with Crippen LogP contribution >= 0.6 is 0 Å². The zero-order chi connectivity index (χ0) is 24.8. The summed E-state index contributed by atoms with van der Waals surface area (Å²) in [5.41, 5.74) is 1.87. The number of amides is 2. The van der Waals surface area contributed by atoms with Crippen molar-refractivity contribution in [3.63, 3.8) is 0 Å². The Hall–Kier alpha value is -3.48. The summed E-state index contributed by atoms with van der Waals surface area (Å²) in [5.74, 6) is 1.39. The van der Waals surface area contributed by atoms with E-state index in [4.69, 9.17) is 14.2 Å². The molecule has 2 aromatic rings. The lowest BCUT2D eigenvalue weighted by molar-refractivity contribution is -0.137. The second-order valence-electron chi connectivity index (χ2n) is 8.71. The summed E-state index contributed by atoms with van der Waals surface area (Å²) < 4.78 is 17.1. The van der Waals surface area contributed by atoms with E-state index in [0.29, 0.717) is 53.8 Å². The molecular weight excluding hydrogens is 432 g/mol. The fourth-order valence-corrected chi connectivity index (χ4v) is 3.74. The van der Waals surface area contributed by atoms with Crippen molar-refractivity contribution in [3.8, 4) is 17.2 Å². The van der Waals surface area contributed by atoms with Gasteiger partial charge in [0.1, 0.15) is 11.4 Å². The van der Waals surface area contributed by atoms with E-state index in [9.17, 15) is 9.59 Å². The van der Waals surface area contributed by atoms with Gasteiger partial charge in [-0.1, -0.05) is 26.0 Å². The second-order valence-corrected chi connectivity index (χ2v) is 8.71. The maximum Gasteiger partial charge on any atom is 0.278 e. The Balaban J connectivity index is 2.02. The molecule has 0 aliphatic carbocycles. The van der Waals surface area contributed by atoms with Crippen molar-refractivity contribution >= 4 is 23.1 Å². The standard InChI is InChI=1S/C27H34N2O5/c1-7-32-22-14-11-20(15-23(22)33-8-2)28-25-24(26(30)29(27(25)31)16-17(3)4)19-9-12-21(13-10-19)34-18(5)6/h9-15,17-18,28H,7-8,16H2,1-6H3. The number of imide groups is 1. The van der Waals surface area contributed by atoms with E-state index in [-0.39, 0.29) is 29.5 Å². The van der Waals surface area contributed by atoms with Crippen molar-refractivity contribution in [2.24, 2.45) is 5.92 Å². The molecule has 3 rings (SSSR count). The van der Waals surface area contributed by atoms with E-state index in [2.05, 4.69) is 5.32 Å². The van der Waals surface area contributed by atoms with Crippen molar-refractivity contribution in [1.29, 1.82) is 0 Å². The Kier molecular flexibility index (Phi) is 8.21. The molecule has 0 fully saturated rings. The molecule has 0 saturated heterocycles. The summed E-state index contributed by atoms with van der Waals surface area (Å²) in [7, 11) is 0. The number of anilines is 1. The number of hydrogen-bond acceptors (Lipinski definition) is 6. The SMILES string of the molecule is CCOc1ccc(NC2=C(c3ccc(OC(C)C)cc3)C(=O)N(CC(C)C)C2=O)cc1OCC. The third-order valence-corrected chi connectivity index (χ3v) is 5.04. The van der Waals surface area contributed by atoms with Gasteiger partial charge in [-0.05, 0) is 63.4 Å². The van der Waals surface area contributed by atoms with Crippen LogP contribution in [0.3, 0.4) is 0 Å². The highest BCUT2D eigenvalue weighted by molar-refractivity contribution is 6.36. The Morgan fingerprint density at radius 1 is 0.853 bits per heavy atom. The lowest BCUT2D eigenvalue weighted by atomic mass is 10.0. The number of nitrogens with one attached hydrogen (secondary N) is 1. The van der Waals surface area contributed by atoms with E-state index < -0.39 is 0 Å². The van der Waals surface area contributed by atoms with Crippen molar-refractivity contribution in [1.82, 2.24) is 4.90 Å². The Morgan fingerprint density at radius 3 is 2.09 bits per heavy atom. The second kappa shape index (κ2) is 11.1. The lowest BCUT2D eigenvalue weighted by Gasteiger charge is -2.17. The summed E-state index contributed by atoms with van der Waals surface area (Å²) in [6.07, 6.45) is 0.0395. The van der Waals surface area contributed by atoms with Crippen LogP contribution in [0.15, 0.2) is 48.2 Å². The molecule has 0 atom stereocenters. The Labute approximate surface area is 201 Å². The van der Waals surface area contributed by atoms with Gasteiger partial charge in [-0.3, -0.25) is 14.5 Å². The molecule has 182 valence electrons. The van der Waals surface area contributed by atoms with E-state index in [1.165, 1.54) is 4.90 Å². The molecule has 2 aromatic carbocycles. The van der Waals surface area contributed by atoms with E-state index in [1.54, 1.807) is 18.2 Å². The van der Waals surface area contributed by atoms with Crippen LogP contribution in [0, 0.1) is 5.92 Å². The van der Waals surface area contributed by atoms with Gasteiger partial charge >= 0.3 is 0 Å². The summed E-state index contributed by atoms with van der Waals surface area (Å²) >= 11 is 0. The van der Waals surface area contributed by atoms with Gasteiger partial charge in [0.05, 0.1) is 24.9 Å². The predicted molar refractivity (Wildman–Crippen MR) is 133 cm³/mol. The topological polar surface area (TPSA) is 77.1 Å². The highest BCUT2D eigenvalue weighted by atomic mass is 16.5. The molecule has 7 nitrogen and oxygen atoms in total. The lowest BCUT2D eigenvalue weighted by Crippen LogP contribution is -2.35. The Morgan fingerprint density at radius 2 is 1.50 bits per heavy atom. The van der Waals surface area contributed by atoms with Gasteiger partial charge < -0.3 is 19.5 Å². The van der Waals surface area contributed by atoms with Gasteiger partial charge in [0.2, 0.25) is 0 Å². The molecule has 0 unspecified atom stereocenters. The number of benzene rings is 2. The minimum atomic E-state index is -0.344. The van der Waals surface area contributed by atoms with Crippen LogP contribution in [0.5, 0.6) is 17.2 Å². The number of carbonyl (C=O) groups is 2. The van der Waals surface area contributed by atoms with Crippen LogP contribution in [0.4, 0.5) is 5.69 Å². The van der Waals surface area contributed by atoms with Crippen LogP contribution in [0.25, 0.3) is 5.57 Å². The summed E-state index contributed by atoms with van der Waals surface area (Å²) in [5, 5.41) is 3.19. The van der Waals surface area contributed by atoms with Gasteiger partial charge in [-0.25, -0.2) is 0 Å². The van der Waals surface area contributed by atoms with Gasteiger partial charge in [0.25, 0.3) is 11.8 Å². The van der Waals surface area contributed by atoms with Crippen molar-refractivity contribution in [2.75, 3.05) is 25.1 Å². The molecule has 1 aliphatic rings. The minimum absolute atomic E-state index is 0.0395. The monoisotopic (exact) mass is 466 g/mol. The highest BCUT2D eigenvalue weighted by Gasteiger charge is 2.39. The van der Waals surface area contributed by atoms with Crippen LogP contribution in [-0.4, -0.2) is 42.6 Å². The summed E-state index contributed by atoms with van der Waals surface area (Å²) in [4.78, 5) is 28.0. The molecular formula is C27H34N2O5. The number of carbonyl (C=O) groups excluding carboxylic acids is 2. The van der Waals surface area contributed by atoms with Crippen LogP contribution in [-0.2, 0) is 9.59 Å². The molecule has 0 bridgehead atoms. The number of rotatable bonds is 11. The zero-order valence-corrected chi connectivity index (χ0v) is 20.8. The fraction of sp³-hybridized carbons (Fsp3) is 0.407. The molecule has 0 radical (unpaired) electrons.